The van der Waals surface area contributed by atoms with Crippen LogP contribution in [0.3, 0.4) is 0 Å². The van der Waals surface area contributed by atoms with Crippen LogP contribution in [0.4, 0.5) is 4.79 Å². The van der Waals surface area contributed by atoms with Gasteiger partial charge in [0.05, 0.1) is 16.8 Å². The highest BCUT2D eigenvalue weighted by Crippen LogP contribution is 2.19. The van der Waals surface area contributed by atoms with Crippen molar-refractivity contribution in [3.05, 3.63) is 23.8 Å². The number of carbonyl (C=O) groups is 2. The maximum absolute atomic E-state index is 11.6. The van der Waals surface area contributed by atoms with Crippen LogP contribution >= 0.6 is 11.8 Å². The van der Waals surface area contributed by atoms with Crippen LogP contribution < -0.4 is 10.6 Å². The fourth-order valence-corrected chi connectivity index (χ4v) is 2.45. The third kappa shape index (κ3) is 4.49. The van der Waals surface area contributed by atoms with Crippen molar-refractivity contribution < 1.29 is 9.59 Å². The van der Waals surface area contributed by atoms with Crippen molar-refractivity contribution in [2.45, 2.75) is 32.0 Å². The first-order valence-corrected chi connectivity index (χ1v) is 7.62. The van der Waals surface area contributed by atoms with Crippen molar-refractivity contribution in [3.63, 3.8) is 0 Å². The molecule has 0 bridgehead atoms. The number of imidazole rings is 1. The second-order valence-electron chi connectivity index (χ2n) is 5.03. The largest absolute Gasteiger partial charge is 0.336 e. The summed E-state index contributed by atoms with van der Waals surface area (Å²) in [6, 6.07) is 5.43. The van der Waals surface area contributed by atoms with Crippen molar-refractivity contribution in [3.8, 4) is 0 Å². The van der Waals surface area contributed by atoms with Crippen LogP contribution in [0.15, 0.2) is 23.4 Å². The Morgan fingerprint density at radius 1 is 1.38 bits per heavy atom. The van der Waals surface area contributed by atoms with Crippen LogP contribution in [0.2, 0.25) is 0 Å². The molecule has 3 amide bonds. The molecule has 1 aromatic heterocycles. The van der Waals surface area contributed by atoms with Gasteiger partial charge in [0.1, 0.15) is 0 Å². The number of imide groups is 1. The van der Waals surface area contributed by atoms with E-state index in [-0.39, 0.29) is 17.7 Å². The third-order valence-corrected chi connectivity index (χ3v) is 3.50. The zero-order chi connectivity index (χ0) is 15.4. The van der Waals surface area contributed by atoms with Gasteiger partial charge in [0.2, 0.25) is 5.91 Å². The molecule has 0 saturated carbocycles. The van der Waals surface area contributed by atoms with E-state index in [2.05, 4.69) is 20.6 Å². The number of rotatable bonds is 4. The fourth-order valence-electron chi connectivity index (χ4n) is 1.76. The highest BCUT2D eigenvalue weighted by atomic mass is 32.2. The van der Waals surface area contributed by atoms with Gasteiger partial charge in [0.25, 0.3) is 0 Å². The van der Waals surface area contributed by atoms with Crippen LogP contribution in [-0.4, -0.2) is 33.7 Å². The predicted molar refractivity (Wildman–Crippen MR) is 83.4 cm³/mol. The molecule has 21 heavy (non-hydrogen) atoms. The van der Waals surface area contributed by atoms with Gasteiger partial charge in [-0.05, 0) is 38.5 Å². The Hall–Kier alpha value is -2.02. The van der Waals surface area contributed by atoms with Crippen molar-refractivity contribution in [1.29, 1.82) is 0 Å². The van der Waals surface area contributed by atoms with Crippen LogP contribution in [0, 0.1) is 6.92 Å². The summed E-state index contributed by atoms with van der Waals surface area (Å²) in [5, 5.41) is 5.53. The molecule has 2 rings (SSSR count). The van der Waals surface area contributed by atoms with Crippen molar-refractivity contribution in [2.75, 3.05) is 5.75 Å². The summed E-state index contributed by atoms with van der Waals surface area (Å²) in [6.45, 7) is 5.66. The SMILES string of the molecule is Cc1ccc2nc(SCC(=O)NC(=O)NC(C)C)[nH]c2c1. The number of aromatic amines is 1. The molecule has 0 atom stereocenters. The molecule has 0 aliphatic carbocycles. The van der Waals surface area contributed by atoms with Gasteiger partial charge in [-0.3, -0.25) is 10.1 Å². The van der Waals surface area contributed by atoms with Crippen molar-refractivity contribution >= 4 is 34.7 Å². The Morgan fingerprint density at radius 3 is 2.86 bits per heavy atom. The number of nitrogens with zero attached hydrogens (tertiary/aromatic N) is 1. The quantitative estimate of drug-likeness (QED) is 0.756. The summed E-state index contributed by atoms with van der Waals surface area (Å²) in [7, 11) is 0. The van der Waals surface area contributed by atoms with E-state index in [4.69, 9.17) is 0 Å². The maximum atomic E-state index is 11.6. The van der Waals surface area contributed by atoms with Crippen molar-refractivity contribution in [1.82, 2.24) is 20.6 Å². The number of aryl methyl sites for hydroxylation is 1. The lowest BCUT2D eigenvalue weighted by molar-refractivity contribution is -0.117. The number of amides is 3. The Morgan fingerprint density at radius 2 is 2.14 bits per heavy atom. The molecule has 2 aromatic rings. The number of carbonyl (C=O) groups excluding carboxylic acids is 2. The topological polar surface area (TPSA) is 86.9 Å². The van der Waals surface area contributed by atoms with Crippen molar-refractivity contribution in [2.24, 2.45) is 0 Å². The number of nitrogens with one attached hydrogen (secondary N) is 3. The summed E-state index contributed by atoms with van der Waals surface area (Å²) in [5.74, 6) is -0.223. The molecule has 112 valence electrons. The van der Waals surface area contributed by atoms with E-state index in [0.29, 0.717) is 5.16 Å². The van der Waals surface area contributed by atoms with Crippen LogP contribution in [-0.2, 0) is 4.79 Å². The fraction of sp³-hybridized carbons (Fsp3) is 0.357. The summed E-state index contributed by atoms with van der Waals surface area (Å²) in [5.41, 5.74) is 2.95. The van der Waals surface area contributed by atoms with E-state index in [1.54, 1.807) is 0 Å². The number of fused-ring (bicyclic) bond motifs is 1. The molecule has 1 aromatic carbocycles. The van der Waals surface area contributed by atoms with Crippen LogP contribution in [0.25, 0.3) is 11.0 Å². The zero-order valence-electron chi connectivity index (χ0n) is 12.2. The Labute approximate surface area is 127 Å². The second kappa shape index (κ2) is 6.62. The van der Waals surface area contributed by atoms with E-state index >= 15 is 0 Å². The van der Waals surface area contributed by atoms with Gasteiger partial charge in [-0.1, -0.05) is 17.8 Å². The average Bonchev–Trinajstić information content (AvgIpc) is 2.77. The standard InChI is InChI=1S/C14H18N4O2S/c1-8(2)15-13(20)18-12(19)7-21-14-16-10-5-4-9(3)6-11(10)17-14/h4-6,8H,7H2,1-3H3,(H,16,17)(H2,15,18,19,20). The smallest absolute Gasteiger partial charge is 0.321 e. The number of urea groups is 1. The van der Waals surface area contributed by atoms with Gasteiger partial charge in [-0.15, -0.1) is 0 Å². The number of H-pyrrole nitrogens is 1. The molecule has 0 spiro atoms. The average molecular weight is 306 g/mol. The normalized spacial score (nSPS) is 10.9. The molecule has 0 aliphatic heterocycles. The Balaban J connectivity index is 1.89. The molecule has 7 heteroatoms. The highest BCUT2D eigenvalue weighted by molar-refractivity contribution is 7.99. The number of aromatic nitrogens is 2. The minimum absolute atomic E-state index is 0.0101. The van der Waals surface area contributed by atoms with Gasteiger partial charge in [-0.2, -0.15) is 0 Å². The molecule has 0 aliphatic rings. The van der Waals surface area contributed by atoms with Crippen LogP contribution in [0.1, 0.15) is 19.4 Å². The van der Waals surface area contributed by atoms with E-state index in [0.717, 1.165) is 16.6 Å². The molecule has 0 radical (unpaired) electrons. The van der Waals surface area contributed by atoms with Gasteiger partial charge < -0.3 is 10.3 Å². The minimum atomic E-state index is -0.476. The lowest BCUT2D eigenvalue weighted by Crippen LogP contribution is -2.43. The lowest BCUT2D eigenvalue weighted by Gasteiger charge is -2.08. The first-order valence-electron chi connectivity index (χ1n) is 6.63. The Bertz CT molecular complexity index is 666. The molecule has 6 nitrogen and oxygen atoms in total. The number of thioether (sulfide) groups is 1. The van der Waals surface area contributed by atoms with Crippen LogP contribution in [0.5, 0.6) is 0 Å². The summed E-state index contributed by atoms with van der Waals surface area (Å²) in [4.78, 5) is 30.5. The van der Waals surface area contributed by atoms with E-state index in [1.165, 1.54) is 11.8 Å². The lowest BCUT2D eigenvalue weighted by atomic mass is 10.2. The first kappa shape index (κ1) is 15.4. The molecule has 0 fully saturated rings. The molecular weight excluding hydrogens is 288 g/mol. The minimum Gasteiger partial charge on any atom is -0.336 e. The number of benzene rings is 1. The molecule has 3 N–H and O–H groups in total. The van der Waals surface area contributed by atoms with Gasteiger partial charge in [-0.25, -0.2) is 9.78 Å². The molecule has 0 saturated heterocycles. The zero-order valence-corrected chi connectivity index (χ0v) is 13.0. The monoisotopic (exact) mass is 306 g/mol. The van der Waals surface area contributed by atoms with E-state index in [1.807, 2.05) is 39.0 Å². The molecule has 1 heterocycles. The molecular formula is C14H18N4O2S. The first-order chi connectivity index (χ1) is 9.94. The highest BCUT2D eigenvalue weighted by Gasteiger charge is 2.10. The number of hydrogen-bond acceptors (Lipinski definition) is 4. The Kier molecular flexibility index (Phi) is 4.85. The summed E-state index contributed by atoms with van der Waals surface area (Å²) < 4.78 is 0. The van der Waals surface area contributed by atoms with E-state index in [9.17, 15) is 9.59 Å². The second-order valence-corrected chi connectivity index (χ2v) is 5.99. The maximum Gasteiger partial charge on any atom is 0.321 e. The summed E-state index contributed by atoms with van der Waals surface area (Å²) >= 11 is 1.26. The van der Waals surface area contributed by atoms with Gasteiger partial charge in [0, 0.05) is 6.04 Å². The van der Waals surface area contributed by atoms with Gasteiger partial charge in [0.15, 0.2) is 5.16 Å². The third-order valence-electron chi connectivity index (χ3n) is 2.63. The molecule has 0 unspecified atom stereocenters. The van der Waals surface area contributed by atoms with Gasteiger partial charge >= 0.3 is 6.03 Å². The number of hydrogen-bond donors (Lipinski definition) is 3. The van der Waals surface area contributed by atoms with E-state index < -0.39 is 6.03 Å². The predicted octanol–water partition coefficient (Wildman–Crippen LogP) is 2.20. The summed E-state index contributed by atoms with van der Waals surface area (Å²) in [6.07, 6.45) is 0.